The average molecular weight is 342 g/mol. The van der Waals surface area contributed by atoms with Crippen LogP contribution >= 0.6 is 0 Å². The van der Waals surface area contributed by atoms with Gasteiger partial charge in [0.05, 0.1) is 10.8 Å². The predicted molar refractivity (Wildman–Crippen MR) is 85.6 cm³/mol. The van der Waals surface area contributed by atoms with Gasteiger partial charge in [-0.15, -0.1) is 0 Å². The molecule has 0 bridgehead atoms. The van der Waals surface area contributed by atoms with Gasteiger partial charge in [-0.05, 0) is 45.9 Å². The minimum atomic E-state index is -3.70. The Kier molecular flexibility index (Phi) is 6.28. The van der Waals surface area contributed by atoms with Crippen LogP contribution in [-0.4, -0.2) is 37.5 Å². The molecule has 128 valence electrons. The third-order valence-corrected chi connectivity index (χ3v) is 4.95. The van der Waals surface area contributed by atoms with E-state index in [0.29, 0.717) is 0 Å². The molecule has 0 aromatic heterocycles. The van der Waals surface area contributed by atoms with E-state index in [2.05, 4.69) is 10.0 Å². The van der Waals surface area contributed by atoms with Gasteiger partial charge in [0.1, 0.15) is 0 Å². The minimum Gasteiger partial charge on any atom is -0.481 e. The largest absolute Gasteiger partial charge is 0.481 e. The van der Waals surface area contributed by atoms with Crippen molar-refractivity contribution < 1.29 is 23.1 Å². The number of carbonyl (C=O) groups excluding carboxylic acids is 1. The van der Waals surface area contributed by atoms with Crippen LogP contribution in [-0.2, 0) is 14.8 Å². The third-order valence-electron chi connectivity index (χ3n) is 3.30. The Balaban J connectivity index is 2.96. The number of nitrogens with one attached hydrogen (secondary N) is 2. The zero-order valence-electron chi connectivity index (χ0n) is 13.5. The van der Waals surface area contributed by atoms with Crippen molar-refractivity contribution in [3.8, 4) is 0 Å². The number of benzene rings is 1. The van der Waals surface area contributed by atoms with Gasteiger partial charge in [-0.3, -0.25) is 9.59 Å². The molecule has 3 N–H and O–H groups in total. The normalized spacial score (nSPS) is 14.3. The maximum Gasteiger partial charge on any atom is 0.308 e. The van der Waals surface area contributed by atoms with Crippen molar-refractivity contribution in [1.82, 2.24) is 10.0 Å². The summed E-state index contributed by atoms with van der Waals surface area (Å²) in [6, 6.07) is 4.74. The van der Waals surface area contributed by atoms with E-state index < -0.39 is 33.9 Å². The SMILES string of the molecule is CC(C)NS(=O)(=O)c1cccc(C(=O)NC(C)C(C)C(=O)O)c1. The smallest absolute Gasteiger partial charge is 0.308 e. The first-order valence-corrected chi connectivity index (χ1v) is 8.69. The van der Waals surface area contributed by atoms with E-state index in [1.807, 2.05) is 0 Å². The summed E-state index contributed by atoms with van der Waals surface area (Å²) in [5, 5.41) is 11.5. The van der Waals surface area contributed by atoms with Crippen LogP contribution in [0.3, 0.4) is 0 Å². The van der Waals surface area contributed by atoms with Crippen LogP contribution in [0.5, 0.6) is 0 Å². The molecule has 8 heteroatoms. The van der Waals surface area contributed by atoms with Gasteiger partial charge in [-0.2, -0.15) is 0 Å². The summed E-state index contributed by atoms with van der Waals surface area (Å²) in [7, 11) is -3.70. The molecular formula is C15H22N2O5S. The van der Waals surface area contributed by atoms with Crippen molar-refractivity contribution in [2.24, 2.45) is 5.92 Å². The van der Waals surface area contributed by atoms with Gasteiger partial charge in [0, 0.05) is 17.6 Å². The number of carboxylic acids is 1. The second kappa shape index (κ2) is 7.56. The molecule has 0 saturated heterocycles. The van der Waals surface area contributed by atoms with E-state index in [0.717, 1.165) is 0 Å². The first-order chi connectivity index (χ1) is 10.5. The maximum atomic E-state index is 12.2. The lowest BCUT2D eigenvalue weighted by Crippen LogP contribution is -2.40. The van der Waals surface area contributed by atoms with Crippen LogP contribution in [0.25, 0.3) is 0 Å². The Labute approximate surface area is 136 Å². The van der Waals surface area contributed by atoms with E-state index in [1.54, 1.807) is 20.8 Å². The Morgan fingerprint density at radius 2 is 1.74 bits per heavy atom. The topological polar surface area (TPSA) is 113 Å². The van der Waals surface area contributed by atoms with Crippen LogP contribution in [0.4, 0.5) is 0 Å². The number of carbonyl (C=O) groups is 2. The summed E-state index contributed by atoms with van der Waals surface area (Å²) in [6.07, 6.45) is 0. The van der Waals surface area contributed by atoms with E-state index >= 15 is 0 Å². The second-order valence-electron chi connectivity index (χ2n) is 5.69. The minimum absolute atomic E-state index is 0.0159. The first-order valence-electron chi connectivity index (χ1n) is 7.20. The highest BCUT2D eigenvalue weighted by atomic mass is 32.2. The van der Waals surface area contributed by atoms with Gasteiger partial charge in [-0.25, -0.2) is 13.1 Å². The van der Waals surface area contributed by atoms with E-state index in [9.17, 15) is 18.0 Å². The summed E-state index contributed by atoms with van der Waals surface area (Å²) in [4.78, 5) is 23.1. The molecule has 0 spiro atoms. The molecule has 2 atom stereocenters. The molecule has 2 unspecified atom stereocenters. The van der Waals surface area contributed by atoms with E-state index in [4.69, 9.17) is 5.11 Å². The first kappa shape index (κ1) is 19.1. The van der Waals surface area contributed by atoms with E-state index in [-0.39, 0.29) is 16.5 Å². The summed E-state index contributed by atoms with van der Waals surface area (Å²) < 4.78 is 26.7. The predicted octanol–water partition coefficient (Wildman–Crippen LogP) is 1.21. The molecule has 1 amide bonds. The summed E-state index contributed by atoms with van der Waals surface area (Å²) in [6.45, 7) is 6.46. The Bertz CT molecular complexity index is 685. The lowest BCUT2D eigenvalue weighted by atomic mass is 10.0. The zero-order chi connectivity index (χ0) is 17.8. The average Bonchev–Trinajstić information content (AvgIpc) is 2.45. The number of rotatable bonds is 7. The highest BCUT2D eigenvalue weighted by molar-refractivity contribution is 7.89. The second-order valence-corrected chi connectivity index (χ2v) is 7.41. The number of hydrogen-bond acceptors (Lipinski definition) is 4. The van der Waals surface area contributed by atoms with Crippen LogP contribution in [0, 0.1) is 5.92 Å². The van der Waals surface area contributed by atoms with Gasteiger partial charge < -0.3 is 10.4 Å². The monoisotopic (exact) mass is 342 g/mol. The summed E-state index contributed by atoms with van der Waals surface area (Å²) >= 11 is 0. The molecular weight excluding hydrogens is 320 g/mol. The molecule has 0 aliphatic rings. The quantitative estimate of drug-likeness (QED) is 0.689. The molecule has 23 heavy (non-hydrogen) atoms. The molecule has 0 aliphatic carbocycles. The van der Waals surface area contributed by atoms with Crippen molar-refractivity contribution >= 4 is 21.9 Å². The van der Waals surface area contributed by atoms with Crippen molar-refractivity contribution in [3.05, 3.63) is 29.8 Å². The Hall–Kier alpha value is -1.93. The fraction of sp³-hybridized carbons (Fsp3) is 0.467. The van der Waals surface area contributed by atoms with Gasteiger partial charge >= 0.3 is 5.97 Å². The zero-order valence-corrected chi connectivity index (χ0v) is 14.3. The van der Waals surface area contributed by atoms with Crippen LogP contribution < -0.4 is 10.0 Å². The number of carboxylic acid groups (broad SMARTS) is 1. The molecule has 1 aromatic rings. The van der Waals surface area contributed by atoms with Crippen LogP contribution in [0.2, 0.25) is 0 Å². The fourth-order valence-electron chi connectivity index (χ4n) is 1.81. The lowest BCUT2D eigenvalue weighted by Gasteiger charge is -2.18. The Morgan fingerprint density at radius 1 is 1.13 bits per heavy atom. The van der Waals surface area contributed by atoms with Gasteiger partial charge in [0.25, 0.3) is 5.91 Å². The number of sulfonamides is 1. The summed E-state index contributed by atoms with van der Waals surface area (Å²) in [5.74, 6) is -2.30. The Morgan fingerprint density at radius 3 is 2.26 bits per heavy atom. The highest BCUT2D eigenvalue weighted by Gasteiger charge is 2.22. The number of hydrogen-bond donors (Lipinski definition) is 3. The lowest BCUT2D eigenvalue weighted by molar-refractivity contribution is -0.141. The molecule has 1 rings (SSSR count). The van der Waals surface area contributed by atoms with Crippen molar-refractivity contribution in [3.63, 3.8) is 0 Å². The molecule has 1 aromatic carbocycles. The van der Waals surface area contributed by atoms with Crippen molar-refractivity contribution in [1.29, 1.82) is 0 Å². The van der Waals surface area contributed by atoms with Gasteiger partial charge in [0.2, 0.25) is 10.0 Å². The number of aliphatic carboxylic acids is 1. The molecule has 7 nitrogen and oxygen atoms in total. The standard InChI is InChI=1S/C15H22N2O5S/c1-9(2)17-23(21,22)13-7-5-6-12(8-13)14(18)16-11(4)10(3)15(19)20/h5-11,17H,1-4H3,(H,16,18)(H,19,20). The van der Waals surface area contributed by atoms with Gasteiger partial charge in [0.15, 0.2) is 0 Å². The summed E-state index contributed by atoms with van der Waals surface area (Å²) in [5.41, 5.74) is 0.154. The van der Waals surface area contributed by atoms with Gasteiger partial charge in [-0.1, -0.05) is 6.07 Å². The molecule has 0 aliphatic heterocycles. The van der Waals surface area contributed by atoms with Crippen molar-refractivity contribution in [2.75, 3.05) is 0 Å². The van der Waals surface area contributed by atoms with Crippen LogP contribution in [0.15, 0.2) is 29.2 Å². The number of amides is 1. The fourth-order valence-corrected chi connectivity index (χ4v) is 3.11. The van der Waals surface area contributed by atoms with Crippen LogP contribution in [0.1, 0.15) is 38.1 Å². The van der Waals surface area contributed by atoms with Crippen molar-refractivity contribution in [2.45, 2.75) is 44.7 Å². The highest BCUT2D eigenvalue weighted by Crippen LogP contribution is 2.13. The van der Waals surface area contributed by atoms with E-state index in [1.165, 1.54) is 31.2 Å². The molecule has 0 radical (unpaired) electrons. The maximum absolute atomic E-state index is 12.2. The molecule has 0 heterocycles. The third kappa shape index (κ3) is 5.33. The molecule has 0 fully saturated rings. The molecule has 0 saturated carbocycles.